The molecule has 0 fully saturated rings. The van der Waals surface area contributed by atoms with Crippen LogP contribution < -0.4 is 10.1 Å². The lowest BCUT2D eigenvalue weighted by atomic mass is 10.3. The Morgan fingerprint density at radius 2 is 2.21 bits per heavy atom. The van der Waals surface area contributed by atoms with Crippen LogP contribution in [0.3, 0.4) is 0 Å². The van der Waals surface area contributed by atoms with Gasteiger partial charge in [0.1, 0.15) is 11.4 Å². The number of nitrogens with one attached hydrogen (secondary N) is 2. The molecule has 0 aliphatic carbocycles. The van der Waals surface area contributed by atoms with Crippen LogP contribution in [0.1, 0.15) is 17.4 Å². The van der Waals surface area contributed by atoms with Gasteiger partial charge in [-0.1, -0.05) is 11.3 Å². The highest BCUT2D eigenvalue weighted by molar-refractivity contribution is 7.22. The van der Waals surface area contributed by atoms with E-state index < -0.39 is 11.9 Å². The number of rotatable bonds is 6. The number of aromatic nitrogens is 2. The van der Waals surface area contributed by atoms with Crippen LogP contribution in [0.2, 0.25) is 0 Å². The number of carbonyl (C=O) groups excluding carboxylic acids is 2. The average molecular weight is 345 g/mol. The van der Waals surface area contributed by atoms with Crippen molar-refractivity contribution < 1.29 is 19.1 Å². The van der Waals surface area contributed by atoms with Crippen molar-refractivity contribution in [3.05, 3.63) is 42.2 Å². The van der Waals surface area contributed by atoms with Crippen molar-refractivity contribution in [1.29, 1.82) is 0 Å². The van der Waals surface area contributed by atoms with Crippen molar-refractivity contribution in [3.63, 3.8) is 0 Å². The third-order valence-electron chi connectivity index (χ3n) is 3.07. The summed E-state index contributed by atoms with van der Waals surface area (Å²) in [7, 11) is 0. The Morgan fingerprint density at radius 1 is 1.33 bits per heavy atom. The molecule has 1 aromatic carbocycles. The van der Waals surface area contributed by atoms with Crippen LogP contribution in [0.25, 0.3) is 10.2 Å². The molecular formula is C16H15N3O4S. The molecule has 1 amide bonds. The van der Waals surface area contributed by atoms with E-state index in [2.05, 4.69) is 15.3 Å². The number of ether oxygens (including phenoxy) is 2. The summed E-state index contributed by atoms with van der Waals surface area (Å²) in [5.74, 6) is -0.272. The molecule has 2 heterocycles. The highest BCUT2D eigenvalue weighted by atomic mass is 32.1. The molecular weight excluding hydrogens is 330 g/mol. The van der Waals surface area contributed by atoms with E-state index in [9.17, 15) is 9.59 Å². The molecule has 0 saturated heterocycles. The van der Waals surface area contributed by atoms with Crippen LogP contribution in [0.15, 0.2) is 36.5 Å². The second-order valence-electron chi connectivity index (χ2n) is 4.79. The van der Waals surface area contributed by atoms with Crippen molar-refractivity contribution in [1.82, 2.24) is 9.97 Å². The van der Waals surface area contributed by atoms with E-state index in [1.807, 2.05) is 25.1 Å². The number of anilines is 1. The summed E-state index contributed by atoms with van der Waals surface area (Å²) >= 11 is 1.33. The number of benzene rings is 1. The fourth-order valence-corrected chi connectivity index (χ4v) is 2.95. The van der Waals surface area contributed by atoms with Crippen LogP contribution in [-0.4, -0.2) is 35.1 Å². The summed E-state index contributed by atoms with van der Waals surface area (Å²) in [6, 6.07) is 8.78. The second kappa shape index (κ2) is 7.14. The van der Waals surface area contributed by atoms with E-state index in [0.29, 0.717) is 17.4 Å². The van der Waals surface area contributed by atoms with Gasteiger partial charge >= 0.3 is 5.97 Å². The number of hydrogen-bond acceptors (Lipinski definition) is 6. The minimum atomic E-state index is -0.583. The lowest BCUT2D eigenvalue weighted by Gasteiger charge is -2.03. The normalized spacial score (nSPS) is 10.5. The number of nitrogens with zero attached hydrogens (tertiary/aromatic N) is 1. The summed E-state index contributed by atoms with van der Waals surface area (Å²) in [5, 5.41) is 3.07. The summed E-state index contributed by atoms with van der Waals surface area (Å²) in [5.41, 5.74) is 1.06. The summed E-state index contributed by atoms with van der Waals surface area (Å²) in [6.45, 7) is 2.12. The Balaban J connectivity index is 1.59. The van der Waals surface area contributed by atoms with Crippen LogP contribution in [0.4, 0.5) is 5.13 Å². The standard InChI is InChI=1S/C16H15N3O4S/c1-2-22-10-5-6-11-13(8-10)24-16(18-11)19-14(20)9-23-15(21)12-4-3-7-17-12/h3-8,17H,2,9H2,1H3,(H,18,19,20). The molecule has 3 rings (SSSR count). The predicted molar refractivity (Wildman–Crippen MR) is 90.5 cm³/mol. The maximum absolute atomic E-state index is 11.9. The van der Waals surface area contributed by atoms with Gasteiger partial charge in [-0.15, -0.1) is 0 Å². The minimum Gasteiger partial charge on any atom is -0.494 e. The molecule has 0 radical (unpaired) electrons. The first-order valence-electron chi connectivity index (χ1n) is 7.29. The Morgan fingerprint density at radius 3 is 2.96 bits per heavy atom. The molecule has 3 aromatic rings. The van der Waals surface area contributed by atoms with E-state index in [-0.39, 0.29) is 6.61 Å². The first-order valence-corrected chi connectivity index (χ1v) is 8.11. The Kier molecular flexibility index (Phi) is 4.76. The lowest BCUT2D eigenvalue weighted by molar-refractivity contribution is -0.119. The van der Waals surface area contributed by atoms with Gasteiger partial charge in [0.15, 0.2) is 11.7 Å². The van der Waals surface area contributed by atoms with Crippen LogP contribution in [0.5, 0.6) is 5.75 Å². The lowest BCUT2D eigenvalue weighted by Crippen LogP contribution is -2.20. The highest BCUT2D eigenvalue weighted by Crippen LogP contribution is 2.29. The van der Waals surface area contributed by atoms with Gasteiger partial charge in [-0.3, -0.25) is 10.1 Å². The Labute approximate surface area is 141 Å². The molecule has 0 bridgehead atoms. The topological polar surface area (TPSA) is 93.3 Å². The number of fused-ring (bicyclic) bond motifs is 1. The average Bonchev–Trinajstić information content (AvgIpc) is 3.21. The molecule has 24 heavy (non-hydrogen) atoms. The van der Waals surface area contributed by atoms with Crippen molar-refractivity contribution in [2.45, 2.75) is 6.92 Å². The van der Waals surface area contributed by atoms with E-state index in [4.69, 9.17) is 9.47 Å². The molecule has 0 aliphatic heterocycles. The number of thiazole rings is 1. The smallest absolute Gasteiger partial charge is 0.355 e. The van der Waals surface area contributed by atoms with E-state index in [1.54, 1.807) is 18.3 Å². The molecule has 2 N–H and O–H groups in total. The van der Waals surface area contributed by atoms with E-state index in [0.717, 1.165) is 16.0 Å². The molecule has 8 heteroatoms. The Hall–Kier alpha value is -2.87. The van der Waals surface area contributed by atoms with Gasteiger partial charge in [-0.25, -0.2) is 9.78 Å². The van der Waals surface area contributed by atoms with Crippen LogP contribution in [-0.2, 0) is 9.53 Å². The summed E-state index contributed by atoms with van der Waals surface area (Å²) < 4.78 is 11.3. The van der Waals surface area contributed by atoms with Gasteiger partial charge in [-0.2, -0.15) is 0 Å². The van der Waals surface area contributed by atoms with E-state index in [1.165, 1.54) is 11.3 Å². The first kappa shape index (κ1) is 16.0. The van der Waals surface area contributed by atoms with Gasteiger partial charge in [0.2, 0.25) is 0 Å². The monoisotopic (exact) mass is 345 g/mol. The number of hydrogen-bond donors (Lipinski definition) is 2. The highest BCUT2D eigenvalue weighted by Gasteiger charge is 2.12. The number of carbonyl (C=O) groups is 2. The van der Waals surface area contributed by atoms with Gasteiger partial charge in [-0.05, 0) is 37.3 Å². The van der Waals surface area contributed by atoms with Gasteiger partial charge < -0.3 is 14.5 Å². The number of amides is 1. The third kappa shape index (κ3) is 3.72. The zero-order valence-electron chi connectivity index (χ0n) is 12.9. The summed E-state index contributed by atoms with van der Waals surface area (Å²) in [4.78, 5) is 30.5. The van der Waals surface area contributed by atoms with Crippen molar-refractivity contribution >= 4 is 38.6 Å². The molecule has 7 nitrogen and oxygen atoms in total. The maximum atomic E-state index is 11.9. The predicted octanol–water partition coefficient (Wildman–Crippen LogP) is 2.82. The largest absolute Gasteiger partial charge is 0.494 e. The fraction of sp³-hybridized carbons (Fsp3) is 0.188. The fourth-order valence-electron chi connectivity index (χ4n) is 2.04. The number of aromatic amines is 1. The number of H-pyrrole nitrogens is 1. The van der Waals surface area contributed by atoms with Gasteiger partial charge in [0.05, 0.1) is 16.8 Å². The molecule has 2 aromatic heterocycles. The van der Waals surface area contributed by atoms with Gasteiger partial charge in [0, 0.05) is 6.20 Å². The van der Waals surface area contributed by atoms with Crippen LogP contribution in [0, 0.1) is 0 Å². The third-order valence-corrected chi connectivity index (χ3v) is 4.00. The Bertz CT molecular complexity index is 857. The van der Waals surface area contributed by atoms with Crippen LogP contribution >= 0.6 is 11.3 Å². The minimum absolute atomic E-state index is 0.297. The molecule has 0 atom stereocenters. The van der Waals surface area contributed by atoms with Crippen molar-refractivity contribution in [2.24, 2.45) is 0 Å². The molecule has 0 aliphatic rings. The van der Waals surface area contributed by atoms with Crippen molar-refractivity contribution in [2.75, 3.05) is 18.5 Å². The molecule has 0 saturated carbocycles. The van der Waals surface area contributed by atoms with E-state index >= 15 is 0 Å². The summed E-state index contributed by atoms with van der Waals surface area (Å²) in [6.07, 6.45) is 1.61. The quantitative estimate of drug-likeness (QED) is 0.670. The molecule has 0 unspecified atom stereocenters. The zero-order valence-corrected chi connectivity index (χ0v) is 13.7. The second-order valence-corrected chi connectivity index (χ2v) is 5.82. The number of esters is 1. The SMILES string of the molecule is CCOc1ccc2nc(NC(=O)COC(=O)c3ccc[nH]3)sc2c1. The van der Waals surface area contributed by atoms with Gasteiger partial charge in [0.25, 0.3) is 5.91 Å². The first-order chi connectivity index (χ1) is 11.7. The van der Waals surface area contributed by atoms with Crippen molar-refractivity contribution in [3.8, 4) is 5.75 Å². The maximum Gasteiger partial charge on any atom is 0.355 e. The zero-order chi connectivity index (χ0) is 16.9. The molecule has 0 spiro atoms. The molecule has 124 valence electrons.